The Morgan fingerprint density at radius 3 is 2.64 bits per heavy atom. The number of anilines is 1. The molecule has 1 aromatic carbocycles. The van der Waals surface area contributed by atoms with Crippen LogP contribution in [0.25, 0.3) is 22.2 Å². The van der Waals surface area contributed by atoms with Gasteiger partial charge >= 0.3 is 0 Å². The fraction of sp³-hybridized carbons (Fsp3) is 0.567. The molecule has 2 bridgehead atoms. The van der Waals surface area contributed by atoms with E-state index < -0.39 is 11.9 Å². The Morgan fingerprint density at radius 1 is 1.10 bits per heavy atom. The van der Waals surface area contributed by atoms with Crippen molar-refractivity contribution in [1.29, 1.82) is 0 Å². The summed E-state index contributed by atoms with van der Waals surface area (Å²) in [6.07, 6.45) is 8.11. The summed E-state index contributed by atoms with van der Waals surface area (Å²) in [4.78, 5) is 16.0. The fourth-order valence-corrected chi connectivity index (χ4v) is 6.81. The van der Waals surface area contributed by atoms with Crippen molar-refractivity contribution >= 4 is 16.9 Å². The molecular weight excluding hydrogens is 497 g/mol. The predicted molar refractivity (Wildman–Crippen MR) is 148 cm³/mol. The van der Waals surface area contributed by atoms with Gasteiger partial charge in [-0.3, -0.25) is 9.88 Å². The Morgan fingerprint density at radius 2 is 1.90 bits per heavy atom. The van der Waals surface area contributed by atoms with Crippen LogP contribution in [-0.4, -0.2) is 73.6 Å². The predicted octanol–water partition coefficient (Wildman–Crippen LogP) is 4.39. The number of aliphatic hydroxyl groups is 2. The number of pyridine rings is 1. The lowest BCUT2D eigenvalue weighted by atomic mass is 9.82. The van der Waals surface area contributed by atoms with Crippen LogP contribution in [0.15, 0.2) is 30.6 Å². The molecule has 6 rings (SSSR count). The van der Waals surface area contributed by atoms with Gasteiger partial charge in [-0.15, -0.1) is 0 Å². The molecule has 8 nitrogen and oxygen atoms in total. The highest BCUT2D eigenvalue weighted by Gasteiger charge is 2.38. The number of nitrogens with zero attached hydrogens (tertiary/aromatic N) is 4. The van der Waals surface area contributed by atoms with Crippen LogP contribution in [0, 0.1) is 5.82 Å². The zero-order chi connectivity index (χ0) is 27.1. The first kappa shape index (κ1) is 26.5. The van der Waals surface area contributed by atoms with Gasteiger partial charge in [-0.1, -0.05) is 26.3 Å². The molecule has 3 fully saturated rings. The highest BCUT2D eigenvalue weighted by Crippen LogP contribution is 2.38. The summed E-state index contributed by atoms with van der Waals surface area (Å²) in [5.41, 5.74) is 4.18. The van der Waals surface area contributed by atoms with Crippen molar-refractivity contribution in [3.63, 3.8) is 0 Å². The molecule has 0 saturated carbocycles. The maximum Gasteiger partial charge on any atom is 0.223 e. The van der Waals surface area contributed by atoms with Gasteiger partial charge in [0.15, 0.2) is 5.82 Å². The van der Waals surface area contributed by atoms with Crippen molar-refractivity contribution in [3.8, 4) is 11.3 Å². The first-order valence-electron chi connectivity index (χ1n) is 14.3. The van der Waals surface area contributed by atoms with Crippen molar-refractivity contribution in [2.45, 2.75) is 95.2 Å². The molecule has 0 radical (unpaired) electrons. The molecule has 3 aromatic rings. The Bertz CT molecular complexity index is 1320. The van der Waals surface area contributed by atoms with Gasteiger partial charge in [0.25, 0.3) is 0 Å². The van der Waals surface area contributed by atoms with Crippen LogP contribution in [0.3, 0.4) is 0 Å². The molecule has 1 unspecified atom stereocenters. The first-order chi connectivity index (χ1) is 18.9. The second-order valence-electron chi connectivity index (χ2n) is 11.7. The number of nitrogens with one attached hydrogen (secondary N) is 1. The zero-order valence-electron chi connectivity index (χ0n) is 22.7. The SMILES string of the molecule is CC(C)c1c(CN2[C@@H]3CCC[C@H]2CC(O)C3)cnc2ccc(-c3nc(N[C@@H]4CCOC[C@H]4O)ncc3F)cc12. The molecule has 0 spiro atoms. The third-order valence-electron chi connectivity index (χ3n) is 8.68. The maximum absolute atomic E-state index is 15.1. The highest BCUT2D eigenvalue weighted by molar-refractivity contribution is 5.88. The summed E-state index contributed by atoms with van der Waals surface area (Å²) in [7, 11) is 0. The molecular formula is C30H38FN5O3. The molecule has 9 heteroatoms. The molecule has 3 aliphatic heterocycles. The van der Waals surface area contributed by atoms with E-state index in [1.54, 1.807) is 0 Å². The minimum atomic E-state index is -0.669. The largest absolute Gasteiger partial charge is 0.393 e. The molecule has 208 valence electrons. The van der Waals surface area contributed by atoms with E-state index in [4.69, 9.17) is 9.72 Å². The van der Waals surface area contributed by atoms with Crippen molar-refractivity contribution in [3.05, 3.63) is 47.5 Å². The lowest BCUT2D eigenvalue weighted by molar-refractivity contribution is -0.0314. The van der Waals surface area contributed by atoms with E-state index in [0.29, 0.717) is 30.7 Å². The Labute approximate surface area is 228 Å². The second kappa shape index (κ2) is 11.0. The minimum absolute atomic E-state index is 0.199. The number of ether oxygens (including phenoxy) is 1. The number of piperidine rings is 2. The van der Waals surface area contributed by atoms with Crippen LogP contribution in [0.5, 0.6) is 0 Å². The summed E-state index contributed by atoms with van der Waals surface area (Å²) in [6.45, 7) is 5.99. The van der Waals surface area contributed by atoms with Gasteiger partial charge in [0, 0.05) is 42.4 Å². The fourth-order valence-electron chi connectivity index (χ4n) is 6.81. The van der Waals surface area contributed by atoms with Crippen LogP contribution in [0.1, 0.15) is 69.4 Å². The number of benzene rings is 1. The molecule has 3 N–H and O–H groups in total. The first-order valence-corrected chi connectivity index (χ1v) is 14.3. The van der Waals surface area contributed by atoms with E-state index in [-0.39, 0.29) is 36.3 Å². The summed E-state index contributed by atoms with van der Waals surface area (Å²) >= 11 is 0. The number of hydrogen-bond donors (Lipinski definition) is 3. The van der Waals surface area contributed by atoms with E-state index in [9.17, 15) is 10.2 Å². The molecule has 0 aliphatic carbocycles. The lowest BCUT2D eigenvalue weighted by Crippen LogP contribution is -2.52. The molecule has 39 heavy (non-hydrogen) atoms. The summed E-state index contributed by atoms with van der Waals surface area (Å²) in [5, 5.41) is 24.8. The highest BCUT2D eigenvalue weighted by atomic mass is 19.1. The zero-order valence-corrected chi connectivity index (χ0v) is 22.7. The van der Waals surface area contributed by atoms with Crippen LogP contribution < -0.4 is 5.32 Å². The molecule has 3 saturated heterocycles. The number of rotatable bonds is 6. The van der Waals surface area contributed by atoms with E-state index >= 15 is 4.39 Å². The molecule has 0 amide bonds. The number of aliphatic hydroxyl groups excluding tert-OH is 2. The normalized spacial score (nSPS) is 27.7. The molecule has 2 aromatic heterocycles. The Hall–Kier alpha value is -2.72. The van der Waals surface area contributed by atoms with E-state index in [1.165, 1.54) is 23.7 Å². The average molecular weight is 536 g/mol. The Kier molecular flexibility index (Phi) is 7.50. The van der Waals surface area contributed by atoms with E-state index in [2.05, 4.69) is 34.0 Å². The van der Waals surface area contributed by atoms with Gasteiger partial charge in [-0.25, -0.2) is 14.4 Å². The van der Waals surface area contributed by atoms with Crippen molar-refractivity contribution in [2.24, 2.45) is 0 Å². The summed E-state index contributed by atoms with van der Waals surface area (Å²) in [5.74, 6) is 0.0352. The standard InChI is InChI=1S/C30H38FN5O3/c1-17(2)28-19(15-36-20-4-3-5-21(36)12-22(37)11-20)13-32-25-7-6-18(10-23(25)28)29-24(31)14-33-30(35-29)34-26-8-9-39-16-27(26)38/h6-7,10,13-14,17,20-22,26-27,37-38H,3-5,8-9,11-12,15-16H2,1-2H3,(H,33,34,35)/t20-,21+,22?,26-,27-/m1/s1. The van der Waals surface area contributed by atoms with E-state index in [0.717, 1.165) is 43.1 Å². The monoisotopic (exact) mass is 535 g/mol. The maximum atomic E-state index is 15.1. The third-order valence-corrected chi connectivity index (χ3v) is 8.68. The van der Waals surface area contributed by atoms with E-state index in [1.807, 2.05) is 24.4 Å². The third kappa shape index (κ3) is 5.37. The smallest absolute Gasteiger partial charge is 0.223 e. The second-order valence-corrected chi connectivity index (χ2v) is 11.7. The molecule has 3 aliphatic rings. The number of hydrogen-bond acceptors (Lipinski definition) is 8. The Balaban J connectivity index is 1.34. The average Bonchev–Trinajstić information content (AvgIpc) is 2.91. The van der Waals surface area contributed by atoms with Crippen LogP contribution in [0.2, 0.25) is 0 Å². The van der Waals surface area contributed by atoms with Gasteiger partial charge in [0.1, 0.15) is 5.69 Å². The van der Waals surface area contributed by atoms with Gasteiger partial charge in [0.05, 0.1) is 36.6 Å². The molecule has 5 atom stereocenters. The van der Waals surface area contributed by atoms with Crippen LogP contribution in [-0.2, 0) is 11.3 Å². The van der Waals surface area contributed by atoms with Crippen LogP contribution >= 0.6 is 0 Å². The van der Waals surface area contributed by atoms with Gasteiger partial charge in [0.2, 0.25) is 5.95 Å². The number of fused-ring (bicyclic) bond motifs is 3. The van der Waals surface area contributed by atoms with Gasteiger partial charge in [-0.2, -0.15) is 0 Å². The summed E-state index contributed by atoms with van der Waals surface area (Å²) in [6, 6.07) is 6.36. The quantitative estimate of drug-likeness (QED) is 0.427. The summed E-state index contributed by atoms with van der Waals surface area (Å²) < 4.78 is 20.4. The molecule has 5 heterocycles. The van der Waals surface area contributed by atoms with Crippen LogP contribution in [0.4, 0.5) is 10.3 Å². The topological polar surface area (TPSA) is 104 Å². The van der Waals surface area contributed by atoms with Crippen molar-refractivity contribution in [1.82, 2.24) is 19.9 Å². The van der Waals surface area contributed by atoms with Gasteiger partial charge < -0.3 is 20.3 Å². The number of halogens is 1. The van der Waals surface area contributed by atoms with Crippen molar-refractivity contribution < 1.29 is 19.3 Å². The lowest BCUT2D eigenvalue weighted by Gasteiger charge is -2.48. The van der Waals surface area contributed by atoms with Crippen molar-refractivity contribution in [2.75, 3.05) is 18.5 Å². The minimum Gasteiger partial charge on any atom is -0.393 e. The van der Waals surface area contributed by atoms with Gasteiger partial charge in [-0.05, 0) is 61.3 Å². The number of aromatic nitrogens is 3.